The van der Waals surface area contributed by atoms with Crippen LogP contribution in [0.3, 0.4) is 0 Å². The maximum atomic E-state index is 9.63. The first-order chi connectivity index (χ1) is 2.27. The molecule has 0 radical (unpaired) electrons. The minimum Gasteiger partial charge on any atom is -0.854 e. The largest absolute Gasteiger partial charge is 0.854 e. The summed E-state index contributed by atoms with van der Waals surface area (Å²) in [5.41, 5.74) is 0. The lowest BCUT2D eigenvalue weighted by Crippen LogP contribution is -2.11. The number of hydrogen-bond donors (Lipinski definition) is 1. The van der Waals surface area contributed by atoms with Gasteiger partial charge in [0.1, 0.15) is 0 Å². The molecule has 0 heterocycles. The van der Waals surface area contributed by atoms with Crippen molar-refractivity contribution in [2.45, 2.75) is 13.8 Å². The summed E-state index contributed by atoms with van der Waals surface area (Å²) >= 11 is 0. The first kappa shape index (κ1) is 9.33. The highest BCUT2D eigenvalue weighted by Crippen LogP contribution is 1.80. The van der Waals surface area contributed by atoms with Gasteiger partial charge < -0.3 is 11.3 Å². The van der Waals surface area contributed by atoms with Gasteiger partial charge in [-0.1, -0.05) is 19.8 Å². The Hall–Kier alpha value is -0.0800. The SMILES string of the molecule is CC(C)C[O-].[NH4+]. The van der Waals surface area contributed by atoms with Gasteiger partial charge in [0.05, 0.1) is 0 Å². The van der Waals surface area contributed by atoms with Crippen molar-refractivity contribution in [3.63, 3.8) is 0 Å². The van der Waals surface area contributed by atoms with E-state index in [0.717, 1.165) is 0 Å². The highest BCUT2D eigenvalue weighted by Gasteiger charge is 1.73. The zero-order valence-electron chi connectivity index (χ0n) is 4.69. The van der Waals surface area contributed by atoms with E-state index in [1.165, 1.54) is 0 Å². The van der Waals surface area contributed by atoms with E-state index in [1.54, 1.807) is 0 Å². The zero-order valence-corrected chi connectivity index (χ0v) is 4.69. The average Bonchev–Trinajstić information content (AvgIpc) is 1.38. The molecule has 2 nitrogen and oxygen atoms in total. The quantitative estimate of drug-likeness (QED) is 0.498. The fourth-order valence-electron chi connectivity index (χ4n) is 0. The molecule has 0 saturated heterocycles. The summed E-state index contributed by atoms with van der Waals surface area (Å²) in [4.78, 5) is 0. The highest BCUT2D eigenvalue weighted by atomic mass is 16.3. The molecule has 0 spiro atoms. The molecule has 6 heavy (non-hydrogen) atoms. The molecule has 0 aliphatic carbocycles. The van der Waals surface area contributed by atoms with Crippen LogP contribution < -0.4 is 11.3 Å². The molecule has 0 aliphatic rings. The average molecular weight is 91.2 g/mol. The smallest absolute Gasteiger partial charge is 0.0625 e. The lowest BCUT2D eigenvalue weighted by Gasteiger charge is -2.03. The minimum absolute atomic E-state index is 0. The minimum atomic E-state index is 0. The van der Waals surface area contributed by atoms with Gasteiger partial charge in [-0.3, -0.25) is 0 Å². The van der Waals surface area contributed by atoms with Crippen molar-refractivity contribution in [2.75, 3.05) is 6.61 Å². The predicted molar refractivity (Wildman–Crippen MR) is 25.7 cm³/mol. The Kier molecular flexibility index (Phi) is 7.65. The van der Waals surface area contributed by atoms with Gasteiger partial charge in [-0.2, -0.15) is 0 Å². The Labute approximate surface area is 38.8 Å². The molecule has 0 fully saturated rings. The summed E-state index contributed by atoms with van der Waals surface area (Å²) in [6.45, 7) is 3.88. The van der Waals surface area contributed by atoms with Gasteiger partial charge in [0.25, 0.3) is 0 Å². The van der Waals surface area contributed by atoms with Crippen LogP contribution in [-0.4, -0.2) is 6.61 Å². The molecule has 4 N–H and O–H groups in total. The molecule has 0 aliphatic heterocycles. The first-order valence-electron chi connectivity index (χ1n) is 1.85. The monoisotopic (exact) mass is 91.1 g/mol. The maximum absolute atomic E-state index is 9.63. The van der Waals surface area contributed by atoms with Crippen LogP contribution in [0.1, 0.15) is 13.8 Å². The van der Waals surface area contributed by atoms with E-state index in [9.17, 15) is 5.11 Å². The molecule has 40 valence electrons. The van der Waals surface area contributed by atoms with Gasteiger partial charge in [-0.15, -0.1) is 6.61 Å². The topological polar surface area (TPSA) is 59.6 Å². The van der Waals surface area contributed by atoms with Crippen molar-refractivity contribution >= 4 is 0 Å². The fraction of sp³-hybridized carbons (Fsp3) is 1.00. The van der Waals surface area contributed by atoms with Crippen LogP contribution in [-0.2, 0) is 0 Å². The van der Waals surface area contributed by atoms with Gasteiger partial charge in [-0.05, 0) is 0 Å². The lowest BCUT2D eigenvalue weighted by atomic mass is 10.2. The van der Waals surface area contributed by atoms with Crippen LogP contribution in [0.2, 0.25) is 0 Å². The second-order valence-corrected chi connectivity index (χ2v) is 1.56. The van der Waals surface area contributed by atoms with Crippen molar-refractivity contribution in [3.8, 4) is 0 Å². The third-order valence-corrected chi connectivity index (χ3v) is 0.333. The third kappa shape index (κ3) is 9.07. The van der Waals surface area contributed by atoms with E-state index in [4.69, 9.17) is 0 Å². The number of rotatable bonds is 1. The Bertz CT molecular complexity index is 21.5. The van der Waals surface area contributed by atoms with E-state index >= 15 is 0 Å². The van der Waals surface area contributed by atoms with Gasteiger partial charge in [0.2, 0.25) is 0 Å². The van der Waals surface area contributed by atoms with E-state index in [-0.39, 0.29) is 12.8 Å². The van der Waals surface area contributed by atoms with E-state index in [2.05, 4.69) is 0 Å². The molecule has 0 aromatic rings. The Morgan fingerprint density at radius 2 is 1.67 bits per heavy atom. The van der Waals surface area contributed by atoms with E-state index < -0.39 is 0 Å². The predicted octanol–water partition coefficient (Wildman–Crippen LogP) is 0.379. The van der Waals surface area contributed by atoms with Crippen molar-refractivity contribution in [3.05, 3.63) is 0 Å². The molecule has 0 rings (SSSR count). The normalized spacial score (nSPS) is 8.00. The molecule has 0 unspecified atom stereocenters. The second-order valence-electron chi connectivity index (χ2n) is 1.56. The molecule has 0 bridgehead atoms. The molecule has 0 saturated carbocycles. The van der Waals surface area contributed by atoms with Gasteiger partial charge in [0.15, 0.2) is 0 Å². The standard InChI is InChI=1S/C4H9O.H3N/c1-4(2)3-5;/h4H,3H2,1-2H3;1H3/q-1;/p+1. The number of quaternary nitrogens is 1. The molecule has 0 amide bonds. The van der Waals surface area contributed by atoms with Crippen LogP contribution in [0.5, 0.6) is 0 Å². The van der Waals surface area contributed by atoms with Crippen molar-refractivity contribution < 1.29 is 5.11 Å². The summed E-state index contributed by atoms with van der Waals surface area (Å²) in [5.74, 6) is 0.329. The summed E-state index contributed by atoms with van der Waals surface area (Å²) in [6, 6.07) is 0. The van der Waals surface area contributed by atoms with Crippen molar-refractivity contribution in [1.82, 2.24) is 6.15 Å². The molecule has 0 aromatic carbocycles. The summed E-state index contributed by atoms with van der Waals surface area (Å²) < 4.78 is 0. The summed E-state index contributed by atoms with van der Waals surface area (Å²) in [5, 5.41) is 9.63. The van der Waals surface area contributed by atoms with E-state index in [0.29, 0.717) is 5.92 Å². The Balaban J connectivity index is 0. The van der Waals surface area contributed by atoms with Crippen molar-refractivity contribution in [2.24, 2.45) is 5.92 Å². The molecular weight excluding hydrogens is 78.0 g/mol. The van der Waals surface area contributed by atoms with Crippen LogP contribution in [0, 0.1) is 5.92 Å². The van der Waals surface area contributed by atoms with Gasteiger partial charge >= 0.3 is 0 Å². The maximum Gasteiger partial charge on any atom is -0.0625 e. The summed E-state index contributed by atoms with van der Waals surface area (Å²) in [6.07, 6.45) is 0. The van der Waals surface area contributed by atoms with Gasteiger partial charge in [-0.25, -0.2) is 0 Å². The van der Waals surface area contributed by atoms with Crippen molar-refractivity contribution in [1.29, 1.82) is 0 Å². The highest BCUT2D eigenvalue weighted by molar-refractivity contribution is 4.30. The number of hydrogen-bond acceptors (Lipinski definition) is 1. The zero-order chi connectivity index (χ0) is 4.28. The molecule has 0 aromatic heterocycles. The van der Waals surface area contributed by atoms with Crippen LogP contribution in [0.15, 0.2) is 0 Å². The first-order valence-corrected chi connectivity index (χ1v) is 1.85. The molecular formula is C4H13NO. The van der Waals surface area contributed by atoms with Crippen LogP contribution >= 0.6 is 0 Å². The third-order valence-electron chi connectivity index (χ3n) is 0.333. The van der Waals surface area contributed by atoms with Crippen LogP contribution in [0.25, 0.3) is 0 Å². The lowest BCUT2D eigenvalue weighted by molar-refractivity contribution is -0.376. The fourth-order valence-corrected chi connectivity index (χ4v) is 0. The van der Waals surface area contributed by atoms with Gasteiger partial charge in [0, 0.05) is 0 Å². The Morgan fingerprint density at radius 1 is 1.50 bits per heavy atom. The summed E-state index contributed by atoms with van der Waals surface area (Å²) in [7, 11) is 0. The van der Waals surface area contributed by atoms with Crippen LogP contribution in [0.4, 0.5) is 0 Å². The van der Waals surface area contributed by atoms with E-state index in [1.807, 2.05) is 13.8 Å². The second kappa shape index (κ2) is 4.92. The Morgan fingerprint density at radius 3 is 1.67 bits per heavy atom. The molecule has 0 atom stereocenters. The molecule has 2 heteroatoms.